The monoisotopic (exact) mass is 316 g/mol. The molecule has 2 aromatic rings. The average molecular weight is 317 g/mol. The molecule has 0 amide bonds. The summed E-state index contributed by atoms with van der Waals surface area (Å²) in [5.41, 5.74) is 8.95. The summed E-state index contributed by atoms with van der Waals surface area (Å²) in [5, 5.41) is 0. The number of hydrogen-bond donors (Lipinski definition) is 1. The maximum atomic E-state index is 6.00. The fraction of sp³-hybridized carbons (Fsp3) is 0.462. The predicted octanol–water partition coefficient (Wildman–Crippen LogP) is 3.81. The lowest BCUT2D eigenvalue weighted by Gasteiger charge is -2.20. The minimum Gasteiger partial charge on any atom is -0.371 e. The minimum absolute atomic E-state index is 0.0581. The average Bonchev–Trinajstić information content (AvgIpc) is 2.94. The van der Waals surface area contributed by atoms with Crippen molar-refractivity contribution in [3.8, 4) is 0 Å². The third kappa shape index (κ3) is 4.00. The number of thiazole rings is 1. The molecular formula is C13H17ClN2OS2. The van der Waals surface area contributed by atoms with E-state index >= 15 is 0 Å². The van der Waals surface area contributed by atoms with Crippen molar-refractivity contribution in [2.75, 3.05) is 6.61 Å². The Kier molecular flexibility index (Phi) is 5.36. The molecule has 2 N–H and O–H groups in total. The molecule has 0 bridgehead atoms. The zero-order valence-electron chi connectivity index (χ0n) is 10.9. The lowest BCUT2D eigenvalue weighted by atomic mass is 10.1. The zero-order chi connectivity index (χ0) is 13.8. The van der Waals surface area contributed by atoms with Gasteiger partial charge < -0.3 is 10.5 Å². The molecule has 3 nitrogen and oxygen atoms in total. The van der Waals surface area contributed by atoms with Crippen molar-refractivity contribution >= 4 is 34.3 Å². The van der Waals surface area contributed by atoms with Gasteiger partial charge in [0.05, 0.1) is 22.1 Å². The molecule has 2 atom stereocenters. The quantitative estimate of drug-likeness (QED) is 0.881. The van der Waals surface area contributed by atoms with Crippen molar-refractivity contribution in [2.24, 2.45) is 5.73 Å². The lowest BCUT2D eigenvalue weighted by Crippen LogP contribution is -2.27. The van der Waals surface area contributed by atoms with Crippen LogP contribution >= 0.6 is 34.3 Å². The van der Waals surface area contributed by atoms with Crippen molar-refractivity contribution in [3.05, 3.63) is 37.4 Å². The number of hydrogen-bond acceptors (Lipinski definition) is 5. The first-order chi connectivity index (χ1) is 9.08. The van der Waals surface area contributed by atoms with E-state index < -0.39 is 0 Å². The summed E-state index contributed by atoms with van der Waals surface area (Å²) in [6, 6.07) is 3.81. The smallest absolute Gasteiger partial charge is 0.106 e. The molecular weight excluding hydrogens is 300 g/mol. The van der Waals surface area contributed by atoms with Crippen LogP contribution in [0.15, 0.2) is 17.6 Å². The molecule has 0 saturated carbocycles. The fourth-order valence-corrected chi connectivity index (χ4v) is 3.81. The molecule has 0 aliphatic rings. The van der Waals surface area contributed by atoms with Crippen molar-refractivity contribution in [1.29, 1.82) is 0 Å². The molecule has 2 unspecified atom stereocenters. The van der Waals surface area contributed by atoms with Crippen molar-refractivity contribution in [3.63, 3.8) is 0 Å². The van der Waals surface area contributed by atoms with Gasteiger partial charge in [-0.05, 0) is 26.0 Å². The molecule has 0 aromatic carbocycles. The van der Waals surface area contributed by atoms with Crippen molar-refractivity contribution < 1.29 is 4.74 Å². The highest BCUT2D eigenvalue weighted by atomic mass is 35.5. The van der Waals surface area contributed by atoms with Gasteiger partial charge in [0.2, 0.25) is 0 Å². The third-order valence-electron chi connectivity index (χ3n) is 2.82. The van der Waals surface area contributed by atoms with Crippen LogP contribution in [0.4, 0.5) is 0 Å². The van der Waals surface area contributed by atoms with E-state index in [0.717, 1.165) is 21.3 Å². The van der Waals surface area contributed by atoms with E-state index in [1.165, 1.54) is 16.2 Å². The van der Waals surface area contributed by atoms with E-state index in [-0.39, 0.29) is 12.1 Å². The molecule has 0 aliphatic carbocycles. The van der Waals surface area contributed by atoms with Gasteiger partial charge in [0.1, 0.15) is 6.10 Å². The summed E-state index contributed by atoms with van der Waals surface area (Å²) in [6.07, 6.45) is 0.782. The van der Waals surface area contributed by atoms with Crippen LogP contribution in [0.25, 0.3) is 0 Å². The SMILES string of the molecule is Cc1ncsc1CCOC(c1ccc(Cl)s1)C(C)N. The third-order valence-corrected chi connectivity index (χ3v) is 5.11. The first kappa shape index (κ1) is 14.9. The summed E-state index contributed by atoms with van der Waals surface area (Å²) >= 11 is 9.16. The van der Waals surface area contributed by atoms with Gasteiger partial charge in [0, 0.05) is 22.2 Å². The highest BCUT2D eigenvalue weighted by Crippen LogP contribution is 2.30. The largest absolute Gasteiger partial charge is 0.371 e. The second kappa shape index (κ2) is 6.81. The van der Waals surface area contributed by atoms with Crippen LogP contribution in [0.5, 0.6) is 0 Å². The van der Waals surface area contributed by atoms with Gasteiger partial charge >= 0.3 is 0 Å². The molecule has 0 aliphatic heterocycles. The molecule has 19 heavy (non-hydrogen) atoms. The number of halogens is 1. The Morgan fingerprint density at radius 2 is 2.26 bits per heavy atom. The van der Waals surface area contributed by atoms with Crippen LogP contribution in [0.3, 0.4) is 0 Å². The standard InChI is InChI=1S/C13H17ClN2OS2/c1-8(15)13(11-3-4-12(14)19-11)17-6-5-10-9(2)16-7-18-10/h3-4,7-8,13H,5-6,15H2,1-2H3. The van der Waals surface area contributed by atoms with E-state index in [1.807, 2.05) is 31.5 Å². The molecule has 104 valence electrons. The Labute approximate surface area is 126 Å². The van der Waals surface area contributed by atoms with E-state index in [0.29, 0.717) is 6.61 Å². The van der Waals surface area contributed by atoms with Gasteiger partial charge in [0.25, 0.3) is 0 Å². The van der Waals surface area contributed by atoms with E-state index in [1.54, 1.807) is 11.3 Å². The number of aromatic nitrogens is 1. The molecule has 0 radical (unpaired) electrons. The fourth-order valence-electron chi connectivity index (χ4n) is 1.82. The van der Waals surface area contributed by atoms with Crippen LogP contribution in [-0.4, -0.2) is 17.6 Å². The highest BCUT2D eigenvalue weighted by Gasteiger charge is 2.19. The van der Waals surface area contributed by atoms with Gasteiger partial charge in [-0.1, -0.05) is 11.6 Å². The van der Waals surface area contributed by atoms with Gasteiger partial charge in [-0.15, -0.1) is 22.7 Å². The molecule has 6 heteroatoms. The number of rotatable bonds is 6. The Balaban J connectivity index is 1.93. The summed E-state index contributed by atoms with van der Waals surface area (Å²) in [4.78, 5) is 6.59. The Hall–Kier alpha value is -0.460. The number of nitrogens with zero attached hydrogens (tertiary/aromatic N) is 1. The highest BCUT2D eigenvalue weighted by molar-refractivity contribution is 7.16. The zero-order valence-corrected chi connectivity index (χ0v) is 13.3. The summed E-state index contributed by atoms with van der Waals surface area (Å²) in [5.74, 6) is 0. The number of ether oxygens (including phenoxy) is 1. The maximum Gasteiger partial charge on any atom is 0.106 e. The van der Waals surface area contributed by atoms with Crippen molar-refractivity contribution in [2.45, 2.75) is 32.4 Å². The van der Waals surface area contributed by atoms with Gasteiger partial charge in [-0.3, -0.25) is 0 Å². The Morgan fingerprint density at radius 1 is 1.47 bits per heavy atom. The minimum atomic E-state index is -0.0919. The number of thiophene rings is 1. The van der Waals surface area contributed by atoms with E-state index in [9.17, 15) is 0 Å². The van der Waals surface area contributed by atoms with Crippen LogP contribution in [-0.2, 0) is 11.2 Å². The van der Waals surface area contributed by atoms with Crippen LogP contribution in [0, 0.1) is 6.92 Å². The van der Waals surface area contributed by atoms with Gasteiger partial charge in [-0.25, -0.2) is 4.98 Å². The second-order valence-corrected chi connectivity index (χ2v) is 7.09. The summed E-state index contributed by atoms with van der Waals surface area (Å²) < 4.78 is 6.70. The van der Waals surface area contributed by atoms with Crippen molar-refractivity contribution in [1.82, 2.24) is 4.98 Å². The van der Waals surface area contributed by atoms with Gasteiger partial charge in [0.15, 0.2) is 0 Å². The van der Waals surface area contributed by atoms with Crippen LogP contribution in [0.1, 0.15) is 28.5 Å². The van der Waals surface area contributed by atoms with Crippen LogP contribution in [0.2, 0.25) is 4.34 Å². The molecule has 2 heterocycles. The first-order valence-corrected chi connectivity index (χ1v) is 8.16. The molecule has 0 spiro atoms. The van der Waals surface area contributed by atoms with E-state index in [4.69, 9.17) is 22.1 Å². The predicted molar refractivity (Wildman–Crippen MR) is 82.2 cm³/mol. The van der Waals surface area contributed by atoms with Gasteiger partial charge in [-0.2, -0.15) is 0 Å². The van der Waals surface area contributed by atoms with Crippen LogP contribution < -0.4 is 5.73 Å². The molecule has 0 saturated heterocycles. The number of nitrogens with two attached hydrogens (primary N) is 1. The maximum absolute atomic E-state index is 6.00. The summed E-state index contributed by atoms with van der Waals surface area (Å²) in [6.45, 7) is 4.62. The molecule has 0 fully saturated rings. The normalized spacial score (nSPS) is 14.5. The second-order valence-electron chi connectivity index (χ2n) is 4.40. The summed E-state index contributed by atoms with van der Waals surface area (Å²) in [7, 11) is 0. The van der Waals surface area contributed by atoms with E-state index in [2.05, 4.69) is 4.98 Å². The first-order valence-electron chi connectivity index (χ1n) is 6.09. The lowest BCUT2D eigenvalue weighted by molar-refractivity contribution is 0.0430. The molecule has 2 aromatic heterocycles. The Morgan fingerprint density at radius 3 is 2.79 bits per heavy atom. The topological polar surface area (TPSA) is 48.1 Å². The molecule has 2 rings (SSSR count). The Bertz CT molecular complexity index is 524. The number of aryl methyl sites for hydroxylation is 1.